The average Bonchev–Trinajstić information content (AvgIpc) is 2.64. The van der Waals surface area contributed by atoms with Gasteiger partial charge in [0.1, 0.15) is 11.5 Å². The molecule has 0 aliphatic heterocycles. The van der Waals surface area contributed by atoms with Crippen LogP contribution in [0.5, 0.6) is 11.5 Å². The lowest BCUT2D eigenvalue weighted by atomic mass is 10.2. The van der Waals surface area contributed by atoms with Crippen LogP contribution in [0.1, 0.15) is 12.5 Å². The van der Waals surface area contributed by atoms with Gasteiger partial charge in [-0.15, -0.1) is 0 Å². The molecule has 3 aromatic rings. The van der Waals surface area contributed by atoms with Crippen molar-refractivity contribution in [2.45, 2.75) is 19.0 Å². The van der Waals surface area contributed by atoms with Gasteiger partial charge in [0.2, 0.25) is 0 Å². The maximum absolute atomic E-state index is 6.48. The zero-order valence-electron chi connectivity index (χ0n) is 13.9. The predicted octanol–water partition coefficient (Wildman–Crippen LogP) is 5.39. The fraction of sp³-hybridized carbons (Fsp3) is 0.143. The first-order chi connectivity index (χ1) is 11.8. The molecule has 0 fully saturated rings. The van der Waals surface area contributed by atoms with Crippen molar-refractivity contribution < 1.29 is 8.85 Å². The summed E-state index contributed by atoms with van der Waals surface area (Å²) >= 11 is 0. The molecule has 2 nitrogen and oxygen atoms in total. The molecule has 0 spiro atoms. The van der Waals surface area contributed by atoms with Gasteiger partial charge in [-0.05, 0) is 29.8 Å². The third-order valence-corrected chi connectivity index (χ3v) is 7.19. The zero-order chi connectivity index (χ0) is 16.7. The van der Waals surface area contributed by atoms with Crippen LogP contribution in [-0.4, -0.2) is 8.56 Å². The Labute approximate surface area is 144 Å². The molecule has 24 heavy (non-hydrogen) atoms. The summed E-state index contributed by atoms with van der Waals surface area (Å²) in [5, 5.41) is 0. The highest BCUT2D eigenvalue weighted by Crippen LogP contribution is 2.26. The Morgan fingerprint density at radius 1 is 0.625 bits per heavy atom. The second kappa shape index (κ2) is 7.84. The van der Waals surface area contributed by atoms with E-state index in [1.165, 1.54) is 5.56 Å². The van der Waals surface area contributed by atoms with E-state index >= 15 is 0 Å². The van der Waals surface area contributed by atoms with E-state index in [4.69, 9.17) is 8.85 Å². The van der Waals surface area contributed by atoms with Gasteiger partial charge in [-0.3, -0.25) is 0 Å². The maximum atomic E-state index is 6.48. The smallest absolute Gasteiger partial charge is 0.464 e. The minimum absolute atomic E-state index is 0.814. The molecule has 0 aromatic heterocycles. The van der Waals surface area contributed by atoms with E-state index in [0.29, 0.717) is 0 Å². The van der Waals surface area contributed by atoms with E-state index in [1.807, 2.05) is 66.7 Å². The molecule has 0 N–H and O–H groups in total. The van der Waals surface area contributed by atoms with Crippen molar-refractivity contribution in [2.24, 2.45) is 0 Å². The number of para-hydroxylation sites is 2. The standard InChI is InChI=1S/C21H22O2Si/c1-2-24(18-19-12-6-3-7-13-19,22-20-14-8-4-9-15-20)23-21-16-10-5-11-17-21/h3-17H,2,18H2,1H3. The van der Waals surface area contributed by atoms with Gasteiger partial charge in [0, 0.05) is 12.1 Å². The second-order valence-corrected chi connectivity index (χ2v) is 9.05. The lowest BCUT2D eigenvalue weighted by Crippen LogP contribution is -2.50. The van der Waals surface area contributed by atoms with Crippen molar-refractivity contribution in [1.82, 2.24) is 0 Å². The summed E-state index contributed by atoms with van der Waals surface area (Å²) in [6.07, 6.45) is 0. The Morgan fingerprint density at radius 2 is 1.04 bits per heavy atom. The SMILES string of the molecule is CC[Si](Cc1ccccc1)(Oc1ccccc1)Oc1ccccc1. The highest BCUT2D eigenvalue weighted by atomic mass is 28.4. The Morgan fingerprint density at radius 3 is 1.46 bits per heavy atom. The summed E-state index contributed by atoms with van der Waals surface area (Å²) in [5.74, 6) is 1.75. The summed E-state index contributed by atoms with van der Waals surface area (Å²) in [7, 11) is -2.49. The van der Waals surface area contributed by atoms with E-state index in [9.17, 15) is 0 Å². The molecule has 0 aliphatic carbocycles. The van der Waals surface area contributed by atoms with Crippen LogP contribution in [-0.2, 0) is 6.04 Å². The molecule has 0 radical (unpaired) electrons. The third kappa shape index (κ3) is 4.27. The maximum Gasteiger partial charge on any atom is 0.464 e. The number of hydrogen-bond acceptors (Lipinski definition) is 2. The van der Waals surface area contributed by atoms with E-state index in [0.717, 1.165) is 23.6 Å². The monoisotopic (exact) mass is 334 g/mol. The molecule has 0 saturated carbocycles. The van der Waals surface area contributed by atoms with Crippen molar-refractivity contribution in [3.05, 3.63) is 96.6 Å². The van der Waals surface area contributed by atoms with Gasteiger partial charge in [0.05, 0.1) is 0 Å². The minimum Gasteiger partial charge on any atom is -0.512 e. The van der Waals surface area contributed by atoms with Crippen molar-refractivity contribution in [1.29, 1.82) is 0 Å². The van der Waals surface area contributed by atoms with Gasteiger partial charge in [0.15, 0.2) is 0 Å². The topological polar surface area (TPSA) is 18.5 Å². The highest BCUT2D eigenvalue weighted by molar-refractivity contribution is 6.68. The molecule has 0 heterocycles. The Hall–Kier alpha value is -2.52. The van der Waals surface area contributed by atoms with Crippen LogP contribution >= 0.6 is 0 Å². The molecule has 122 valence electrons. The predicted molar refractivity (Wildman–Crippen MR) is 101 cm³/mol. The Balaban J connectivity index is 1.91. The lowest BCUT2D eigenvalue weighted by molar-refractivity contribution is 0.379. The van der Waals surface area contributed by atoms with Crippen LogP contribution in [0.2, 0.25) is 6.04 Å². The van der Waals surface area contributed by atoms with Crippen molar-refractivity contribution >= 4 is 8.56 Å². The molecule has 0 saturated heterocycles. The normalized spacial score (nSPS) is 11.0. The van der Waals surface area contributed by atoms with Crippen LogP contribution in [0, 0.1) is 0 Å². The lowest BCUT2D eigenvalue weighted by Gasteiger charge is -2.31. The quantitative estimate of drug-likeness (QED) is 0.539. The van der Waals surface area contributed by atoms with E-state index in [-0.39, 0.29) is 0 Å². The van der Waals surface area contributed by atoms with Crippen LogP contribution in [0.25, 0.3) is 0 Å². The molecule has 3 heteroatoms. The average molecular weight is 334 g/mol. The van der Waals surface area contributed by atoms with Gasteiger partial charge in [0.25, 0.3) is 0 Å². The summed E-state index contributed by atoms with van der Waals surface area (Å²) in [6.45, 7) is 2.15. The molecule has 3 rings (SSSR count). The van der Waals surface area contributed by atoms with Gasteiger partial charge in [-0.2, -0.15) is 0 Å². The first-order valence-electron chi connectivity index (χ1n) is 8.32. The summed E-state index contributed by atoms with van der Waals surface area (Å²) in [4.78, 5) is 0. The first-order valence-corrected chi connectivity index (χ1v) is 10.5. The van der Waals surface area contributed by atoms with Crippen molar-refractivity contribution in [2.75, 3.05) is 0 Å². The summed E-state index contributed by atoms with van der Waals surface area (Å²) < 4.78 is 13.0. The number of hydrogen-bond donors (Lipinski definition) is 0. The Kier molecular flexibility index (Phi) is 5.34. The second-order valence-electron chi connectivity index (χ2n) is 5.76. The largest absolute Gasteiger partial charge is 0.512 e. The molecule has 0 atom stereocenters. The fourth-order valence-corrected chi connectivity index (χ4v) is 5.39. The van der Waals surface area contributed by atoms with E-state index in [1.54, 1.807) is 0 Å². The van der Waals surface area contributed by atoms with Gasteiger partial charge in [-0.25, -0.2) is 0 Å². The van der Waals surface area contributed by atoms with E-state index < -0.39 is 8.56 Å². The van der Waals surface area contributed by atoms with Gasteiger partial charge in [-0.1, -0.05) is 73.7 Å². The molecule has 0 bridgehead atoms. The molecule has 0 amide bonds. The van der Waals surface area contributed by atoms with Crippen molar-refractivity contribution in [3.63, 3.8) is 0 Å². The Bertz CT molecular complexity index is 628. The molecule has 0 aliphatic rings. The number of benzene rings is 3. The van der Waals surface area contributed by atoms with Crippen molar-refractivity contribution in [3.8, 4) is 11.5 Å². The van der Waals surface area contributed by atoms with Crippen LogP contribution in [0.15, 0.2) is 91.0 Å². The van der Waals surface area contributed by atoms with Crippen LogP contribution < -0.4 is 8.85 Å². The molecular weight excluding hydrogens is 312 g/mol. The summed E-state index contributed by atoms with van der Waals surface area (Å²) in [6, 6.07) is 32.1. The van der Waals surface area contributed by atoms with Gasteiger partial charge < -0.3 is 8.85 Å². The molecule has 0 unspecified atom stereocenters. The third-order valence-electron chi connectivity index (χ3n) is 3.95. The zero-order valence-corrected chi connectivity index (χ0v) is 14.9. The minimum atomic E-state index is -2.49. The molecule has 3 aromatic carbocycles. The fourth-order valence-electron chi connectivity index (χ4n) is 2.68. The van der Waals surface area contributed by atoms with Crippen LogP contribution in [0.4, 0.5) is 0 Å². The first kappa shape index (κ1) is 16.3. The van der Waals surface area contributed by atoms with E-state index in [2.05, 4.69) is 31.2 Å². The summed E-state index contributed by atoms with van der Waals surface area (Å²) in [5.41, 5.74) is 1.25. The highest BCUT2D eigenvalue weighted by Gasteiger charge is 2.40. The molecular formula is C21H22O2Si. The number of rotatable bonds is 7. The van der Waals surface area contributed by atoms with Crippen LogP contribution in [0.3, 0.4) is 0 Å². The van der Waals surface area contributed by atoms with Gasteiger partial charge >= 0.3 is 8.56 Å².